The van der Waals surface area contributed by atoms with Crippen molar-refractivity contribution in [1.82, 2.24) is 0 Å². The third-order valence-corrected chi connectivity index (χ3v) is 4.48. The van der Waals surface area contributed by atoms with Crippen molar-refractivity contribution in [1.29, 1.82) is 0 Å². The standard InChI is InChI=1S/C14H27NOS/c1-5-8-11-17(10-7-3)15-14(16)12-13(4)9-6-2/h12H,5-11H2,1-4H3/b13-12+. The molecule has 0 fully saturated rings. The molecule has 3 heteroatoms. The van der Waals surface area contributed by atoms with Crippen molar-refractivity contribution in [3.63, 3.8) is 0 Å². The van der Waals surface area contributed by atoms with Crippen molar-refractivity contribution in [3.8, 4) is 0 Å². The molecule has 2 nitrogen and oxygen atoms in total. The number of hydrogen-bond donors (Lipinski definition) is 0. The van der Waals surface area contributed by atoms with Gasteiger partial charge in [-0.3, -0.25) is 4.79 Å². The Bertz CT molecular complexity index is 282. The van der Waals surface area contributed by atoms with Gasteiger partial charge in [-0.2, -0.15) is 4.36 Å². The number of carbonyl (C=O) groups is 1. The molecule has 0 aromatic heterocycles. The molecule has 1 unspecified atom stereocenters. The van der Waals surface area contributed by atoms with Gasteiger partial charge >= 0.3 is 0 Å². The Balaban J connectivity index is 4.46. The minimum absolute atomic E-state index is 0.0242. The molecule has 1 atom stereocenters. The second kappa shape index (κ2) is 10.7. The smallest absolute Gasteiger partial charge is 0.267 e. The first-order valence-electron chi connectivity index (χ1n) is 6.74. The van der Waals surface area contributed by atoms with Crippen LogP contribution in [0.2, 0.25) is 0 Å². The maximum atomic E-state index is 11.7. The number of nitrogens with zero attached hydrogens (tertiary/aromatic N) is 1. The van der Waals surface area contributed by atoms with Crippen molar-refractivity contribution < 1.29 is 4.79 Å². The number of rotatable bonds is 8. The van der Waals surface area contributed by atoms with Crippen LogP contribution in [0.4, 0.5) is 0 Å². The predicted octanol–water partition coefficient (Wildman–Crippen LogP) is 4.27. The lowest BCUT2D eigenvalue weighted by Gasteiger charge is -2.04. The van der Waals surface area contributed by atoms with Gasteiger partial charge in [-0.1, -0.05) is 49.9 Å². The maximum Gasteiger partial charge on any atom is 0.275 e. The van der Waals surface area contributed by atoms with Crippen LogP contribution in [-0.2, 0) is 15.5 Å². The molecule has 0 saturated heterocycles. The number of carbonyl (C=O) groups excluding carboxylic acids is 1. The zero-order valence-electron chi connectivity index (χ0n) is 11.8. The van der Waals surface area contributed by atoms with Gasteiger partial charge in [-0.25, -0.2) is 0 Å². The molecular weight excluding hydrogens is 230 g/mol. The highest BCUT2D eigenvalue weighted by molar-refractivity contribution is 7.87. The molecule has 0 rings (SSSR count). The van der Waals surface area contributed by atoms with E-state index in [2.05, 4.69) is 25.1 Å². The Morgan fingerprint density at radius 3 is 2.35 bits per heavy atom. The molecule has 0 aromatic rings. The van der Waals surface area contributed by atoms with Gasteiger partial charge in [-0.05, 0) is 26.2 Å². The summed E-state index contributed by atoms with van der Waals surface area (Å²) in [4.78, 5) is 11.7. The molecule has 0 aromatic carbocycles. The normalized spacial score (nSPS) is 14.0. The molecule has 0 aliphatic carbocycles. The van der Waals surface area contributed by atoms with E-state index in [1.807, 2.05) is 6.92 Å². The quantitative estimate of drug-likeness (QED) is 0.597. The van der Waals surface area contributed by atoms with Crippen LogP contribution in [0.1, 0.15) is 59.8 Å². The Morgan fingerprint density at radius 2 is 1.82 bits per heavy atom. The Hall–Kier alpha value is -0.440. The summed E-state index contributed by atoms with van der Waals surface area (Å²) in [6.45, 7) is 8.48. The Labute approximate surface area is 109 Å². The summed E-state index contributed by atoms with van der Waals surface area (Å²) in [5, 5.41) is 0. The zero-order valence-corrected chi connectivity index (χ0v) is 12.6. The van der Waals surface area contributed by atoms with Gasteiger partial charge in [0.15, 0.2) is 0 Å². The lowest BCUT2D eigenvalue weighted by molar-refractivity contribution is -0.113. The topological polar surface area (TPSA) is 29.4 Å². The zero-order chi connectivity index (χ0) is 13.1. The molecule has 0 heterocycles. The summed E-state index contributed by atoms with van der Waals surface area (Å²) in [6.07, 6.45) is 7.27. The third kappa shape index (κ3) is 9.28. The lowest BCUT2D eigenvalue weighted by atomic mass is 10.2. The van der Waals surface area contributed by atoms with Gasteiger partial charge in [-0.15, -0.1) is 0 Å². The molecule has 0 aliphatic rings. The summed E-state index contributed by atoms with van der Waals surface area (Å²) in [7, 11) is -0.0439. The highest BCUT2D eigenvalue weighted by Gasteiger charge is 2.00. The fourth-order valence-electron chi connectivity index (χ4n) is 1.57. The molecule has 0 aliphatic heterocycles. The van der Waals surface area contributed by atoms with E-state index in [-0.39, 0.29) is 16.6 Å². The van der Waals surface area contributed by atoms with Gasteiger partial charge in [0.05, 0.1) is 0 Å². The predicted molar refractivity (Wildman–Crippen MR) is 78.4 cm³/mol. The number of allylic oxidation sites excluding steroid dienone is 1. The molecule has 17 heavy (non-hydrogen) atoms. The molecule has 0 bridgehead atoms. The van der Waals surface area contributed by atoms with Crippen LogP contribution in [-0.4, -0.2) is 17.4 Å². The van der Waals surface area contributed by atoms with Crippen LogP contribution >= 0.6 is 0 Å². The largest absolute Gasteiger partial charge is 0.275 e. The van der Waals surface area contributed by atoms with E-state index in [1.165, 1.54) is 12.8 Å². The summed E-state index contributed by atoms with van der Waals surface area (Å²) < 4.78 is 4.34. The van der Waals surface area contributed by atoms with Crippen LogP contribution in [0, 0.1) is 0 Å². The van der Waals surface area contributed by atoms with Crippen LogP contribution in [0.5, 0.6) is 0 Å². The van der Waals surface area contributed by atoms with Crippen molar-refractivity contribution >= 4 is 16.6 Å². The average molecular weight is 257 g/mol. The first-order valence-corrected chi connectivity index (χ1v) is 8.26. The van der Waals surface area contributed by atoms with Gasteiger partial charge in [0.25, 0.3) is 5.91 Å². The van der Waals surface area contributed by atoms with Crippen molar-refractivity contribution in [2.75, 3.05) is 11.5 Å². The fraction of sp³-hybridized carbons (Fsp3) is 0.786. The summed E-state index contributed by atoms with van der Waals surface area (Å²) in [5.74, 6) is 2.12. The molecule has 0 saturated carbocycles. The lowest BCUT2D eigenvalue weighted by Crippen LogP contribution is -2.04. The number of hydrogen-bond acceptors (Lipinski definition) is 1. The van der Waals surface area contributed by atoms with Crippen LogP contribution in [0.15, 0.2) is 16.0 Å². The minimum atomic E-state index is -0.0439. The molecule has 0 N–H and O–H groups in total. The second-order valence-electron chi connectivity index (χ2n) is 4.39. The SMILES string of the molecule is CCCCS(CCC)=NC(=O)/C=C(\C)CCC. The Morgan fingerprint density at radius 1 is 1.12 bits per heavy atom. The van der Waals surface area contributed by atoms with Crippen LogP contribution in [0.3, 0.4) is 0 Å². The van der Waals surface area contributed by atoms with Crippen molar-refractivity contribution in [2.24, 2.45) is 4.36 Å². The van der Waals surface area contributed by atoms with Crippen molar-refractivity contribution in [2.45, 2.75) is 59.8 Å². The summed E-state index contributed by atoms with van der Waals surface area (Å²) in [6, 6.07) is 0. The molecule has 1 amide bonds. The summed E-state index contributed by atoms with van der Waals surface area (Å²) >= 11 is 0. The number of amides is 1. The first kappa shape index (κ1) is 16.6. The molecule has 0 radical (unpaired) electrons. The van der Waals surface area contributed by atoms with Crippen molar-refractivity contribution in [3.05, 3.63) is 11.6 Å². The van der Waals surface area contributed by atoms with E-state index in [0.29, 0.717) is 0 Å². The Kier molecular flexibility index (Phi) is 10.4. The third-order valence-electron chi connectivity index (χ3n) is 2.41. The average Bonchev–Trinajstić information content (AvgIpc) is 2.26. The van der Waals surface area contributed by atoms with Gasteiger partial charge in [0.2, 0.25) is 0 Å². The van der Waals surface area contributed by atoms with Gasteiger partial charge in [0.1, 0.15) is 0 Å². The molecule has 0 spiro atoms. The second-order valence-corrected chi connectivity index (χ2v) is 6.32. The first-order chi connectivity index (χ1) is 8.13. The summed E-state index contributed by atoms with van der Waals surface area (Å²) in [5.41, 5.74) is 1.15. The fourth-order valence-corrected chi connectivity index (χ4v) is 3.36. The van der Waals surface area contributed by atoms with Crippen LogP contribution in [0.25, 0.3) is 0 Å². The monoisotopic (exact) mass is 257 g/mol. The minimum Gasteiger partial charge on any atom is -0.267 e. The van der Waals surface area contributed by atoms with E-state index in [9.17, 15) is 4.79 Å². The maximum absolute atomic E-state index is 11.7. The van der Waals surface area contributed by atoms with Crippen LogP contribution < -0.4 is 0 Å². The molecule has 100 valence electrons. The van der Waals surface area contributed by atoms with E-state index in [0.717, 1.165) is 36.3 Å². The van der Waals surface area contributed by atoms with E-state index < -0.39 is 0 Å². The highest BCUT2D eigenvalue weighted by atomic mass is 32.2. The van der Waals surface area contributed by atoms with E-state index >= 15 is 0 Å². The van der Waals surface area contributed by atoms with E-state index in [1.54, 1.807) is 6.08 Å². The van der Waals surface area contributed by atoms with Gasteiger partial charge in [0, 0.05) is 17.6 Å². The number of unbranched alkanes of at least 4 members (excludes halogenated alkanes) is 1. The molecular formula is C14H27NOS. The van der Waals surface area contributed by atoms with E-state index in [4.69, 9.17) is 0 Å². The van der Waals surface area contributed by atoms with Gasteiger partial charge < -0.3 is 0 Å². The highest BCUT2D eigenvalue weighted by Crippen LogP contribution is 2.05.